The summed E-state index contributed by atoms with van der Waals surface area (Å²) >= 11 is 0. The maximum atomic E-state index is 11.9. The van der Waals surface area contributed by atoms with Crippen LogP contribution >= 0.6 is 0 Å². The third-order valence-electron chi connectivity index (χ3n) is 3.49. The molecule has 1 amide bonds. The highest BCUT2D eigenvalue weighted by atomic mass is 16.5. The van der Waals surface area contributed by atoms with Crippen molar-refractivity contribution in [1.29, 1.82) is 0 Å². The largest absolute Gasteiger partial charge is 0.376 e. The maximum absolute atomic E-state index is 11.9. The summed E-state index contributed by atoms with van der Waals surface area (Å²) in [6.45, 7) is 2.51. The second-order valence-electron chi connectivity index (χ2n) is 5.03. The van der Waals surface area contributed by atoms with Gasteiger partial charge in [-0.15, -0.1) is 0 Å². The predicted molar refractivity (Wildman–Crippen MR) is 72.5 cm³/mol. The molecule has 7 heteroatoms. The number of hydrogen-bond donors (Lipinski definition) is 1. The molecule has 0 spiro atoms. The number of nitrogens with one attached hydrogen (secondary N) is 1. The van der Waals surface area contributed by atoms with Crippen LogP contribution in [0.25, 0.3) is 0 Å². The number of ether oxygens (including phenoxy) is 1. The fourth-order valence-corrected chi connectivity index (χ4v) is 2.28. The molecule has 2 atom stereocenters. The van der Waals surface area contributed by atoms with Crippen molar-refractivity contribution in [2.75, 3.05) is 6.61 Å². The van der Waals surface area contributed by atoms with Gasteiger partial charge >= 0.3 is 5.69 Å². The number of carbonyl (C=O) groups is 1. The molecular formula is C13H19N3O4. The Labute approximate surface area is 116 Å². The lowest BCUT2D eigenvalue weighted by Crippen LogP contribution is -2.45. The van der Waals surface area contributed by atoms with Crippen LogP contribution in [-0.4, -0.2) is 33.8 Å². The topological polar surface area (TPSA) is 82.3 Å². The van der Waals surface area contributed by atoms with Crippen LogP contribution in [0.4, 0.5) is 0 Å². The number of rotatable bonds is 4. The van der Waals surface area contributed by atoms with Crippen LogP contribution in [0.2, 0.25) is 0 Å². The zero-order chi connectivity index (χ0) is 14.7. The van der Waals surface area contributed by atoms with E-state index in [1.54, 1.807) is 0 Å². The molecule has 1 aliphatic rings. The normalized spacial score (nSPS) is 19.8. The third kappa shape index (κ3) is 3.16. The zero-order valence-corrected chi connectivity index (χ0v) is 11.7. The van der Waals surface area contributed by atoms with Gasteiger partial charge in [0.1, 0.15) is 6.54 Å². The molecule has 110 valence electrons. The average Bonchev–Trinajstić information content (AvgIpc) is 2.93. The molecule has 0 bridgehead atoms. The molecule has 1 aromatic heterocycles. The molecule has 1 aliphatic heterocycles. The Kier molecular flexibility index (Phi) is 4.39. The number of amides is 1. The molecule has 1 N–H and O–H groups in total. The van der Waals surface area contributed by atoms with Gasteiger partial charge in [0.25, 0.3) is 5.56 Å². The second kappa shape index (κ2) is 6.04. The molecular weight excluding hydrogens is 262 g/mol. The third-order valence-corrected chi connectivity index (χ3v) is 3.49. The van der Waals surface area contributed by atoms with Crippen molar-refractivity contribution < 1.29 is 9.53 Å². The van der Waals surface area contributed by atoms with Crippen LogP contribution in [0.5, 0.6) is 0 Å². The first-order chi connectivity index (χ1) is 9.49. The Balaban J connectivity index is 1.99. The van der Waals surface area contributed by atoms with Crippen LogP contribution in [0.1, 0.15) is 19.8 Å². The van der Waals surface area contributed by atoms with E-state index in [4.69, 9.17) is 4.74 Å². The van der Waals surface area contributed by atoms with E-state index in [0.717, 1.165) is 24.0 Å². The molecule has 0 unspecified atom stereocenters. The summed E-state index contributed by atoms with van der Waals surface area (Å²) in [5.74, 6) is -0.270. The van der Waals surface area contributed by atoms with E-state index in [1.807, 2.05) is 6.92 Å². The maximum Gasteiger partial charge on any atom is 0.331 e. The highest BCUT2D eigenvalue weighted by Gasteiger charge is 2.23. The van der Waals surface area contributed by atoms with E-state index in [1.165, 1.54) is 23.9 Å². The summed E-state index contributed by atoms with van der Waals surface area (Å²) in [6, 6.07) is 1.17. The molecule has 0 radical (unpaired) electrons. The zero-order valence-electron chi connectivity index (χ0n) is 11.7. The molecule has 2 rings (SSSR count). The fraction of sp³-hybridized carbons (Fsp3) is 0.615. The van der Waals surface area contributed by atoms with Gasteiger partial charge in [-0.05, 0) is 19.8 Å². The second-order valence-corrected chi connectivity index (χ2v) is 5.03. The number of carbonyl (C=O) groups excluding carboxylic acids is 1. The van der Waals surface area contributed by atoms with Crippen molar-refractivity contribution in [2.45, 2.75) is 38.5 Å². The number of nitrogens with zero attached hydrogens (tertiary/aromatic N) is 2. The monoisotopic (exact) mass is 281 g/mol. The van der Waals surface area contributed by atoms with E-state index >= 15 is 0 Å². The van der Waals surface area contributed by atoms with Crippen LogP contribution in [-0.2, 0) is 23.1 Å². The molecule has 0 saturated carbocycles. The Morgan fingerprint density at radius 2 is 2.30 bits per heavy atom. The minimum atomic E-state index is -0.502. The van der Waals surface area contributed by atoms with Crippen LogP contribution in [0.3, 0.4) is 0 Å². The van der Waals surface area contributed by atoms with Crippen molar-refractivity contribution in [3.63, 3.8) is 0 Å². The van der Waals surface area contributed by atoms with Gasteiger partial charge in [0.15, 0.2) is 0 Å². The standard InChI is InChI=1S/C13H19N3O4/c1-9(10-4-3-7-20-10)14-11(17)8-16-6-5-12(18)15(2)13(16)19/h5-6,9-10H,3-4,7-8H2,1-2H3,(H,14,17)/t9-,10+/m1/s1. The number of aromatic nitrogens is 2. The minimum Gasteiger partial charge on any atom is -0.376 e. The smallest absolute Gasteiger partial charge is 0.331 e. The van der Waals surface area contributed by atoms with Crippen molar-refractivity contribution in [3.05, 3.63) is 33.1 Å². The minimum absolute atomic E-state index is 0.0378. The molecule has 1 saturated heterocycles. The SMILES string of the molecule is C[C@@H](NC(=O)Cn1ccc(=O)n(C)c1=O)[C@@H]1CCCO1. The van der Waals surface area contributed by atoms with Crippen molar-refractivity contribution in [2.24, 2.45) is 7.05 Å². The van der Waals surface area contributed by atoms with Gasteiger partial charge in [0.2, 0.25) is 5.91 Å². The van der Waals surface area contributed by atoms with Crippen molar-refractivity contribution in [1.82, 2.24) is 14.5 Å². The van der Waals surface area contributed by atoms with Gasteiger partial charge in [-0.2, -0.15) is 0 Å². The summed E-state index contributed by atoms with van der Waals surface area (Å²) in [6.07, 6.45) is 3.31. The van der Waals surface area contributed by atoms with E-state index in [2.05, 4.69) is 5.32 Å². The van der Waals surface area contributed by atoms with Gasteiger partial charge in [0.05, 0.1) is 12.1 Å². The van der Waals surface area contributed by atoms with Gasteiger partial charge in [0, 0.05) is 25.9 Å². The summed E-state index contributed by atoms with van der Waals surface area (Å²) in [7, 11) is 1.38. The predicted octanol–water partition coefficient (Wildman–Crippen LogP) is -0.769. The summed E-state index contributed by atoms with van der Waals surface area (Å²) in [5.41, 5.74) is -0.892. The van der Waals surface area contributed by atoms with Gasteiger partial charge < -0.3 is 10.1 Å². The summed E-state index contributed by atoms with van der Waals surface area (Å²) in [5, 5.41) is 2.82. The van der Waals surface area contributed by atoms with E-state index in [0.29, 0.717) is 0 Å². The van der Waals surface area contributed by atoms with Gasteiger partial charge in [-0.3, -0.25) is 18.7 Å². The van der Waals surface area contributed by atoms with Crippen LogP contribution < -0.4 is 16.6 Å². The Morgan fingerprint density at radius 1 is 1.55 bits per heavy atom. The molecule has 1 fully saturated rings. The van der Waals surface area contributed by atoms with E-state index < -0.39 is 5.69 Å². The average molecular weight is 281 g/mol. The first-order valence-corrected chi connectivity index (χ1v) is 6.66. The lowest BCUT2D eigenvalue weighted by atomic mass is 10.1. The molecule has 20 heavy (non-hydrogen) atoms. The molecule has 7 nitrogen and oxygen atoms in total. The van der Waals surface area contributed by atoms with Crippen LogP contribution in [0.15, 0.2) is 21.9 Å². The van der Waals surface area contributed by atoms with E-state index in [-0.39, 0.29) is 30.2 Å². The molecule has 0 aromatic carbocycles. The van der Waals surface area contributed by atoms with E-state index in [9.17, 15) is 14.4 Å². The molecule has 0 aliphatic carbocycles. The quantitative estimate of drug-likeness (QED) is 0.785. The van der Waals surface area contributed by atoms with Gasteiger partial charge in [-0.25, -0.2) is 4.79 Å². The highest BCUT2D eigenvalue weighted by Crippen LogP contribution is 2.15. The fourth-order valence-electron chi connectivity index (χ4n) is 2.28. The summed E-state index contributed by atoms with van der Waals surface area (Å²) in [4.78, 5) is 35.0. The first kappa shape index (κ1) is 14.5. The lowest BCUT2D eigenvalue weighted by molar-refractivity contribution is -0.123. The molecule has 1 aromatic rings. The van der Waals surface area contributed by atoms with Gasteiger partial charge in [-0.1, -0.05) is 0 Å². The summed E-state index contributed by atoms with van der Waals surface area (Å²) < 4.78 is 7.67. The Morgan fingerprint density at radius 3 is 2.95 bits per heavy atom. The van der Waals surface area contributed by atoms with Crippen LogP contribution in [0, 0.1) is 0 Å². The number of hydrogen-bond acceptors (Lipinski definition) is 4. The Bertz CT molecular complexity index is 598. The van der Waals surface area contributed by atoms with Crippen molar-refractivity contribution >= 4 is 5.91 Å². The Hall–Kier alpha value is -1.89. The first-order valence-electron chi connectivity index (χ1n) is 6.66. The molecule has 2 heterocycles. The highest BCUT2D eigenvalue weighted by molar-refractivity contribution is 5.76. The van der Waals surface area contributed by atoms with Crippen molar-refractivity contribution in [3.8, 4) is 0 Å². The lowest BCUT2D eigenvalue weighted by Gasteiger charge is -2.20.